The number of amides is 1. The molecule has 0 atom stereocenters. The number of nitrogens with zero attached hydrogens (tertiary/aromatic N) is 4. The Labute approximate surface area is 184 Å². The number of nitrogens with two attached hydrogens (primary N) is 1. The molecule has 8 heteroatoms. The molecule has 0 fully saturated rings. The van der Waals surface area contributed by atoms with E-state index < -0.39 is 0 Å². The van der Waals surface area contributed by atoms with Crippen molar-refractivity contribution in [3.63, 3.8) is 0 Å². The van der Waals surface area contributed by atoms with Gasteiger partial charge in [-0.15, -0.1) is 10.2 Å². The first-order valence-electron chi connectivity index (χ1n) is 10.2. The molecule has 2 aromatic carbocycles. The molecule has 3 N–H and O–H groups in total. The van der Waals surface area contributed by atoms with E-state index in [0.717, 1.165) is 27.9 Å². The van der Waals surface area contributed by atoms with E-state index in [1.54, 1.807) is 10.6 Å². The smallest absolute Gasteiger partial charge is 0.251 e. The summed E-state index contributed by atoms with van der Waals surface area (Å²) in [5.74, 6) is 0.568. The minimum Gasteiger partial charge on any atom is -0.348 e. The second-order valence-electron chi connectivity index (χ2n) is 7.86. The molecule has 7 nitrogen and oxygen atoms in total. The number of carbonyl (C=O) groups is 1. The Hall–Kier alpha value is -3.91. The summed E-state index contributed by atoms with van der Waals surface area (Å²) < 4.78 is 16.1. The van der Waals surface area contributed by atoms with Crippen molar-refractivity contribution in [1.82, 2.24) is 25.1 Å². The highest BCUT2D eigenvalue weighted by Gasteiger charge is 2.22. The number of aromatic nitrogens is 4. The SMILES string of the molecule is Cc1cc(CN)cc(-c2nnc(-c3cc(F)ccc3-c3ccc4c(c3)C(=O)NC4)n2C)n1. The fourth-order valence-corrected chi connectivity index (χ4v) is 4.09. The van der Waals surface area contributed by atoms with Gasteiger partial charge >= 0.3 is 0 Å². The maximum absolute atomic E-state index is 14.3. The van der Waals surface area contributed by atoms with Crippen molar-refractivity contribution >= 4 is 5.91 Å². The molecule has 0 spiro atoms. The number of carbonyl (C=O) groups excluding carboxylic acids is 1. The zero-order valence-electron chi connectivity index (χ0n) is 17.7. The maximum atomic E-state index is 14.3. The van der Waals surface area contributed by atoms with Crippen LogP contribution in [0.2, 0.25) is 0 Å². The number of halogens is 1. The van der Waals surface area contributed by atoms with Gasteiger partial charge in [-0.05, 0) is 59.5 Å². The zero-order valence-corrected chi connectivity index (χ0v) is 17.7. The molecule has 0 bridgehead atoms. The highest BCUT2D eigenvalue weighted by atomic mass is 19.1. The topological polar surface area (TPSA) is 98.7 Å². The van der Waals surface area contributed by atoms with E-state index in [1.165, 1.54) is 12.1 Å². The third-order valence-electron chi connectivity index (χ3n) is 5.68. The molecule has 1 amide bonds. The van der Waals surface area contributed by atoms with Crippen molar-refractivity contribution in [2.75, 3.05) is 0 Å². The van der Waals surface area contributed by atoms with Gasteiger partial charge < -0.3 is 15.6 Å². The Morgan fingerprint density at radius 1 is 1.03 bits per heavy atom. The van der Waals surface area contributed by atoms with Gasteiger partial charge in [-0.3, -0.25) is 4.79 Å². The van der Waals surface area contributed by atoms with Gasteiger partial charge in [0.1, 0.15) is 11.5 Å². The molecule has 1 aliphatic heterocycles. The molecule has 0 saturated carbocycles. The van der Waals surface area contributed by atoms with Crippen molar-refractivity contribution in [2.24, 2.45) is 12.8 Å². The predicted molar refractivity (Wildman–Crippen MR) is 119 cm³/mol. The second kappa shape index (κ2) is 7.65. The lowest BCUT2D eigenvalue weighted by Crippen LogP contribution is -2.12. The fourth-order valence-electron chi connectivity index (χ4n) is 4.09. The van der Waals surface area contributed by atoms with Crippen molar-refractivity contribution in [2.45, 2.75) is 20.0 Å². The number of fused-ring (bicyclic) bond motifs is 1. The van der Waals surface area contributed by atoms with Gasteiger partial charge in [-0.25, -0.2) is 9.37 Å². The van der Waals surface area contributed by atoms with Crippen LogP contribution in [0.3, 0.4) is 0 Å². The Morgan fingerprint density at radius 3 is 2.66 bits per heavy atom. The molecule has 1 aliphatic rings. The van der Waals surface area contributed by atoms with Crippen LogP contribution in [0, 0.1) is 12.7 Å². The molecule has 32 heavy (non-hydrogen) atoms. The third-order valence-corrected chi connectivity index (χ3v) is 5.68. The first-order chi connectivity index (χ1) is 15.4. The number of nitrogens with one attached hydrogen (secondary N) is 1. The van der Waals surface area contributed by atoms with E-state index in [0.29, 0.717) is 41.6 Å². The quantitative estimate of drug-likeness (QED) is 0.519. The van der Waals surface area contributed by atoms with Gasteiger partial charge in [0, 0.05) is 37.0 Å². The van der Waals surface area contributed by atoms with Crippen LogP contribution in [-0.2, 0) is 20.1 Å². The molecule has 0 unspecified atom stereocenters. The highest BCUT2D eigenvalue weighted by Crippen LogP contribution is 2.34. The summed E-state index contributed by atoms with van der Waals surface area (Å²) in [6.07, 6.45) is 0. The van der Waals surface area contributed by atoms with Crippen LogP contribution in [0.15, 0.2) is 48.5 Å². The lowest BCUT2D eigenvalue weighted by Gasteiger charge is -2.12. The van der Waals surface area contributed by atoms with Crippen molar-refractivity contribution in [1.29, 1.82) is 0 Å². The Kier molecular flexibility index (Phi) is 4.79. The first-order valence-corrected chi connectivity index (χ1v) is 10.2. The van der Waals surface area contributed by atoms with E-state index in [1.807, 2.05) is 44.3 Å². The summed E-state index contributed by atoms with van der Waals surface area (Å²) >= 11 is 0. The van der Waals surface area contributed by atoms with Crippen molar-refractivity contribution in [3.8, 4) is 34.0 Å². The summed E-state index contributed by atoms with van der Waals surface area (Å²) in [7, 11) is 1.82. The Bertz CT molecular complexity index is 1380. The van der Waals surface area contributed by atoms with Crippen LogP contribution in [-0.4, -0.2) is 25.7 Å². The highest BCUT2D eigenvalue weighted by molar-refractivity contribution is 6.00. The summed E-state index contributed by atoms with van der Waals surface area (Å²) in [6, 6.07) is 14.0. The molecule has 4 aromatic rings. The van der Waals surface area contributed by atoms with Gasteiger partial charge in [0.25, 0.3) is 5.91 Å². The van der Waals surface area contributed by atoms with E-state index in [2.05, 4.69) is 20.5 Å². The first kappa shape index (κ1) is 20.0. The summed E-state index contributed by atoms with van der Waals surface area (Å²) in [5, 5.41) is 11.5. The number of pyridine rings is 1. The van der Waals surface area contributed by atoms with Crippen LogP contribution in [0.4, 0.5) is 4.39 Å². The molecule has 3 heterocycles. The lowest BCUT2D eigenvalue weighted by molar-refractivity contribution is 0.0966. The van der Waals surface area contributed by atoms with Crippen LogP contribution in [0.1, 0.15) is 27.2 Å². The van der Waals surface area contributed by atoms with E-state index in [4.69, 9.17) is 5.73 Å². The monoisotopic (exact) mass is 428 g/mol. The summed E-state index contributed by atoms with van der Waals surface area (Å²) in [4.78, 5) is 16.7. The second-order valence-corrected chi connectivity index (χ2v) is 7.86. The van der Waals surface area contributed by atoms with Crippen LogP contribution in [0.5, 0.6) is 0 Å². The molecule has 160 valence electrons. The number of hydrogen-bond acceptors (Lipinski definition) is 5. The minimum absolute atomic E-state index is 0.104. The van der Waals surface area contributed by atoms with Gasteiger partial charge in [-0.1, -0.05) is 18.2 Å². The average Bonchev–Trinajstić information content (AvgIpc) is 3.35. The zero-order chi connectivity index (χ0) is 22.4. The van der Waals surface area contributed by atoms with Gasteiger partial charge in [0.15, 0.2) is 11.6 Å². The normalized spacial score (nSPS) is 12.7. The summed E-state index contributed by atoms with van der Waals surface area (Å²) in [5.41, 5.74) is 12.0. The van der Waals surface area contributed by atoms with E-state index in [9.17, 15) is 9.18 Å². The lowest BCUT2D eigenvalue weighted by atomic mass is 9.96. The molecule has 2 aromatic heterocycles. The average molecular weight is 428 g/mol. The van der Waals surface area contributed by atoms with Crippen molar-refractivity contribution < 1.29 is 9.18 Å². The Morgan fingerprint density at radius 2 is 1.84 bits per heavy atom. The van der Waals surface area contributed by atoms with Gasteiger partial charge in [0.2, 0.25) is 0 Å². The van der Waals surface area contributed by atoms with Gasteiger partial charge in [-0.2, -0.15) is 0 Å². The van der Waals surface area contributed by atoms with Crippen LogP contribution in [0.25, 0.3) is 34.0 Å². The predicted octanol–water partition coefficient (Wildman–Crippen LogP) is 3.36. The number of benzene rings is 2. The number of rotatable bonds is 4. The molecule has 0 radical (unpaired) electrons. The van der Waals surface area contributed by atoms with Crippen LogP contribution < -0.4 is 11.1 Å². The van der Waals surface area contributed by atoms with Gasteiger partial charge in [0.05, 0.1) is 0 Å². The molecule has 0 saturated heterocycles. The number of hydrogen-bond donors (Lipinski definition) is 2. The summed E-state index contributed by atoms with van der Waals surface area (Å²) in [6.45, 7) is 2.81. The maximum Gasteiger partial charge on any atom is 0.251 e. The molecular weight excluding hydrogens is 407 g/mol. The van der Waals surface area contributed by atoms with Crippen LogP contribution >= 0.6 is 0 Å². The van der Waals surface area contributed by atoms with Crippen molar-refractivity contribution in [3.05, 3.63) is 76.7 Å². The largest absolute Gasteiger partial charge is 0.348 e. The Balaban J connectivity index is 1.65. The third kappa shape index (κ3) is 3.34. The molecule has 0 aliphatic carbocycles. The fraction of sp³-hybridized carbons (Fsp3) is 0.167. The molecule has 5 rings (SSSR count). The van der Waals surface area contributed by atoms with E-state index in [-0.39, 0.29) is 11.7 Å². The minimum atomic E-state index is -0.383. The van der Waals surface area contributed by atoms with E-state index >= 15 is 0 Å². The number of aryl methyl sites for hydroxylation is 1. The molecular formula is C24H21FN6O. The standard InChI is InChI=1S/C24H21FN6O/c1-13-7-14(11-26)8-21(28-13)23-30-29-22(31(23)2)20-10-17(25)5-6-18(20)15-3-4-16-12-27-24(32)19(16)9-15/h3-10H,11-12,26H2,1-2H3,(H,27,32).